The van der Waals surface area contributed by atoms with E-state index in [9.17, 15) is 4.79 Å². The van der Waals surface area contributed by atoms with Gasteiger partial charge in [0.25, 0.3) is 5.91 Å². The molecule has 0 spiro atoms. The second-order valence-corrected chi connectivity index (χ2v) is 6.21. The molecule has 7 nitrogen and oxygen atoms in total. The number of aryl methyl sites for hydroxylation is 2. The molecule has 0 N–H and O–H groups in total. The predicted octanol–water partition coefficient (Wildman–Crippen LogP) is 2.07. The van der Waals surface area contributed by atoms with E-state index in [2.05, 4.69) is 10.2 Å². The van der Waals surface area contributed by atoms with Gasteiger partial charge in [-0.1, -0.05) is 0 Å². The van der Waals surface area contributed by atoms with Gasteiger partial charge in [-0.3, -0.25) is 4.79 Å². The van der Waals surface area contributed by atoms with Gasteiger partial charge < -0.3 is 18.5 Å². The summed E-state index contributed by atoms with van der Waals surface area (Å²) < 4.78 is 16.7. The molecule has 0 aliphatic carbocycles. The molecule has 2 aromatic heterocycles. The van der Waals surface area contributed by atoms with Crippen molar-refractivity contribution in [2.75, 3.05) is 13.2 Å². The summed E-state index contributed by atoms with van der Waals surface area (Å²) in [5, 5.41) is 8.03. The van der Waals surface area contributed by atoms with Gasteiger partial charge in [-0.15, -0.1) is 10.2 Å². The minimum atomic E-state index is -0.0160. The van der Waals surface area contributed by atoms with Gasteiger partial charge in [0.05, 0.1) is 29.9 Å². The highest BCUT2D eigenvalue weighted by Gasteiger charge is 2.44. The van der Waals surface area contributed by atoms with Crippen molar-refractivity contribution in [2.45, 2.75) is 44.8 Å². The van der Waals surface area contributed by atoms with Crippen molar-refractivity contribution in [3.05, 3.63) is 35.4 Å². The zero-order chi connectivity index (χ0) is 16.0. The normalized spacial score (nSPS) is 27.2. The lowest BCUT2D eigenvalue weighted by Gasteiger charge is -2.39. The van der Waals surface area contributed by atoms with Gasteiger partial charge in [0.2, 0.25) is 11.8 Å². The number of fused-ring (bicyclic) bond motifs is 1. The molecule has 0 bridgehead atoms. The number of rotatable bonds is 2. The number of likely N-dealkylation sites (tertiary alicyclic amines) is 1. The second-order valence-electron chi connectivity index (χ2n) is 6.21. The molecule has 2 saturated heterocycles. The van der Waals surface area contributed by atoms with Crippen LogP contribution >= 0.6 is 0 Å². The summed E-state index contributed by atoms with van der Waals surface area (Å²) in [6.07, 6.45) is 3.24. The van der Waals surface area contributed by atoms with Crippen molar-refractivity contribution >= 4 is 5.91 Å². The Balaban J connectivity index is 1.63. The highest BCUT2D eigenvalue weighted by molar-refractivity contribution is 5.95. The van der Waals surface area contributed by atoms with Crippen molar-refractivity contribution in [3.63, 3.8) is 0 Å². The molecule has 23 heavy (non-hydrogen) atoms. The van der Waals surface area contributed by atoms with E-state index in [0.29, 0.717) is 36.3 Å². The van der Waals surface area contributed by atoms with Crippen LogP contribution in [0.1, 0.15) is 46.7 Å². The molecule has 0 unspecified atom stereocenters. The van der Waals surface area contributed by atoms with Crippen LogP contribution in [-0.2, 0) is 4.74 Å². The van der Waals surface area contributed by atoms with Crippen LogP contribution in [0.5, 0.6) is 0 Å². The molecule has 7 heteroatoms. The summed E-state index contributed by atoms with van der Waals surface area (Å²) in [5.74, 6) is 1.75. The Morgan fingerprint density at radius 3 is 2.91 bits per heavy atom. The Labute approximate surface area is 133 Å². The van der Waals surface area contributed by atoms with Crippen LogP contribution in [0.4, 0.5) is 0 Å². The maximum atomic E-state index is 13.0. The van der Waals surface area contributed by atoms with Crippen molar-refractivity contribution < 1.29 is 18.4 Å². The third-order valence-electron chi connectivity index (χ3n) is 4.75. The number of ether oxygens (including phenoxy) is 1. The van der Waals surface area contributed by atoms with Crippen LogP contribution in [0.15, 0.2) is 21.2 Å². The van der Waals surface area contributed by atoms with Gasteiger partial charge >= 0.3 is 0 Å². The lowest BCUT2D eigenvalue weighted by molar-refractivity contribution is 0.0129. The fourth-order valence-electron chi connectivity index (χ4n) is 3.60. The molecule has 2 fully saturated rings. The average Bonchev–Trinajstić information content (AvgIpc) is 3.25. The molecule has 122 valence electrons. The molecule has 0 aromatic carbocycles. The maximum absolute atomic E-state index is 13.0. The highest BCUT2D eigenvalue weighted by Crippen LogP contribution is 2.36. The quantitative estimate of drug-likeness (QED) is 0.843. The summed E-state index contributed by atoms with van der Waals surface area (Å²) in [6.45, 7) is 4.82. The van der Waals surface area contributed by atoms with E-state index in [4.69, 9.17) is 13.6 Å². The van der Waals surface area contributed by atoms with Crippen LogP contribution in [-0.4, -0.2) is 46.3 Å². The zero-order valence-corrected chi connectivity index (χ0v) is 13.2. The molecular formula is C16H19N3O4. The van der Waals surface area contributed by atoms with Crippen LogP contribution < -0.4 is 0 Å². The van der Waals surface area contributed by atoms with E-state index in [1.54, 1.807) is 26.2 Å². The van der Waals surface area contributed by atoms with Crippen molar-refractivity contribution in [3.8, 4) is 0 Å². The van der Waals surface area contributed by atoms with Crippen LogP contribution in [0.2, 0.25) is 0 Å². The van der Waals surface area contributed by atoms with E-state index in [0.717, 1.165) is 12.8 Å². The summed E-state index contributed by atoms with van der Waals surface area (Å²) >= 11 is 0. The van der Waals surface area contributed by atoms with E-state index in [-0.39, 0.29) is 24.0 Å². The molecule has 4 rings (SSSR count). The number of hydrogen-bond donors (Lipinski definition) is 0. The summed E-state index contributed by atoms with van der Waals surface area (Å²) in [6, 6.07) is 1.83. The lowest BCUT2D eigenvalue weighted by atomic mass is 9.89. The van der Waals surface area contributed by atoms with Crippen LogP contribution in [0.25, 0.3) is 0 Å². The van der Waals surface area contributed by atoms with E-state index in [1.807, 2.05) is 4.90 Å². The molecule has 0 radical (unpaired) electrons. The first-order valence-electron chi connectivity index (χ1n) is 7.90. The number of aromatic nitrogens is 2. The molecule has 1 amide bonds. The van der Waals surface area contributed by atoms with Crippen molar-refractivity contribution in [1.29, 1.82) is 0 Å². The third kappa shape index (κ3) is 2.45. The number of piperidine rings is 1. The van der Waals surface area contributed by atoms with Gasteiger partial charge in [0, 0.05) is 20.1 Å². The monoisotopic (exact) mass is 317 g/mol. The van der Waals surface area contributed by atoms with Crippen LogP contribution in [0, 0.1) is 13.8 Å². The minimum Gasteiger partial charge on any atom is -0.469 e. The van der Waals surface area contributed by atoms with Crippen molar-refractivity contribution in [2.24, 2.45) is 0 Å². The molecule has 2 aliphatic rings. The zero-order valence-electron chi connectivity index (χ0n) is 13.2. The molecule has 2 aromatic rings. The predicted molar refractivity (Wildman–Crippen MR) is 79.0 cm³/mol. The third-order valence-corrected chi connectivity index (χ3v) is 4.75. The van der Waals surface area contributed by atoms with E-state index in [1.165, 1.54) is 0 Å². The minimum absolute atomic E-state index is 0.00621. The first-order chi connectivity index (χ1) is 11.1. The summed E-state index contributed by atoms with van der Waals surface area (Å²) in [4.78, 5) is 14.8. The standard InChI is InChI=1S/C16H19N3O4/c1-9-12(3-5-21-9)16(20)19-8-11(15-18-17-10(2)23-15)7-14-13(19)4-6-22-14/h3,5,11,13-14H,4,6-8H2,1-2H3/t11-,13-,14-/m0/s1. The Morgan fingerprint density at radius 2 is 2.22 bits per heavy atom. The molecular weight excluding hydrogens is 298 g/mol. The van der Waals surface area contributed by atoms with Gasteiger partial charge in [-0.25, -0.2) is 0 Å². The Morgan fingerprint density at radius 1 is 1.35 bits per heavy atom. The second kappa shape index (κ2) is 5.49. The Bertz CT molecular complexity index is 722. The number of furan rings is 1. The first kappa shape index (κ1) is 14.4. The Hall–Kier alpha value is -2.15. The molecule has 2 aliphatic heterocycles. The average molecular weight is 317 g/mol. The number of carbonyl (C=O) groups is 1. The first-order valence-corrected chi connectivity index (χ1v) is 7.90. The Kier molecular flexibility index (Phi) is 3.45. The van der Waals surface area contributed by atoms with Crippen LogP contribution in [0.3, 0.4) is 0 Å². The molecule has 3 atom stereocenters. The number of amides is 1. The largest absolute Gasteiger partial charge is 0.469 e. The number of nitrogens with zero attached hydrogens (tertiary/aromatic N) is 3. The van der Waals surface area contributed by atoms with Gasteiger partial charge in [-0.05, 0) is 25.8 Å². The maximum Gasteiger partial charge on any atom is 0.257 e. The topological polar surface area (TPSA) is 81.6 Å². The smallest absolute Gasteiger partial charge is 0.257 e. The van der Waals surface area contributed by atoms with E-state index >= 15 is 0 Å². The van der Waals surface area contributed by atoms with Gasteiger partial charge in [0.1, 0.15) is 5.76 Å². The van der Waals surface area contributed by atoms with Gasteiger partial charge in [-0.2, -0.15) is 0 Å². The lowest BCUT2D eigenvalue weighted by Crippen LogP contribution is -2.51. The molecule has 4 heterocycles. The van der Waals surface area contributed by atoms with E-state index < -0.39 is 0 Å². The fourth-order valence-corrected chi connectivity index (χ4v) is 3.60. The highest BCUT2D eigenvalue weighted by atomic mass is 16.5. The van der Waals surface area contributed by atoms with Gasteiger partial charge in [0.15, 0.2) is 0 Å². The summed E-state index contributed by atoms with van der Waals surface area (Å²) in [7, 11) is 0. The van der Waals surface area contributed by atoms with Crippen molar-refractivity contribution in [1.82, 2.24) is 15.1 Å². The number of carbonyl (C=O) groups excluding carboxylic acids is 1. The number of hydrogen-bond acceptors (Lipinski definition) is 6. The fraction of sp³-hybridized carbons (Fsp3) is 0.562. The summed E-state index contributed by atoms with van der Waals surface area (Å²) in [5.41, 5.74) is 0.609. The SMILES string of the molecule is Cc1nnc([C@H]2C[C@@H]3OCC[C@@H]3N(C(=O)c3ccoc3C)C2)o1. The molecule has 0 saturated carbocycles.